The Morgan fingerprint density at radius 3 is 2.70 bits per heavy atom. The number of likely N-dealkylation sites (tertiary alicyclic amines) is 1. The quantitative estimate of drug-likeness (QED) is 0.670. The summed E-state index contributed by atoms with van der Waals surface area (Å²) in [5, 5.41) is 5.30. The van der Waals surface area contributed by atoms with Gasteiger partial charge in [0.15, 0.2) is 0 Å². The molecule has 0 radical (unpaired) electrons. The van der Waals surface area contributed by atoms with E-state index in [1.165, 1.54) is 11.8 Å². The number of carbonyl (C=O) groups is 3. The summed E-state index contributed by atoms with van der Waals surface area (Å²) in [5.74, 6) is 0.881. The van der Waals surface area contributed by atoms with Gasteiger partial charge in [-0.3, -0.25) is 14.4 Å². The molecule has 2 N–H and O–H groups in total. The number of hydrogen-bond donors (Lipinski definition) is 2. The minimum Gasteiger partial charge on any atom is -0.358 e. The molecule has 7 heteroatoms. The van der Waals surface area contributed by atoms with Crippen LogP contribution in [0, 0.1) is 5.92 Å². The molecule has 1 aliphatic heterocycles. The average Bonchev–Trinajstić information content (AvgIpc) is 3.01. The van der Waals surface area contributed by atoms with Crippen LogP contribution < -0.4 is 10.6 Å². The molecule has 0 aromatic carbocycles. The molecule has 1 saturated heterocycles. The third-order valence-electron chi connectivity index (χ3n) is 3.90. The van der Waals surface area contributed by atoms with Crippen molar-refractivity contribution in [3.63, 3.8) is 0 Å². The number of hydrogen-bond acceptors (Lipinski definition) is 4. The first-order chi connectivity index (χ1) is 9.61. The molecule has 6 nitrogen and oxygen atoms in total. The van der Waals surface area contributed by atoms with Gasteiger partial charge >= 0.3 is 0 Å². The number of nitrogens with one attached hydrogen (secondary N) is 2. The number of piperidine rings is 1. The summed E-state index contributed by atoms with van der Waals surface area (Å²) in [7, 11) is 1.57. The molecule has 3 amide bonds. The Kier molecular flexibility index (Phi) is 5.28. The van der Waals surface area contributed by atoms with Crippen LogP contribution in [0.15, 0.2) is 0 Å². The lowest BCUT2D eigenvalue weighted by molar-refractivity contribution is -0.134. The monoisotopic (exact) mass is 299 g/mol. The summed E-state index contributed by atoms with van der Waals surface area (Å²) in [6.07, 6.45) is 3.13. The summed E-state index contributed by atoms with van der Waals surface area (Å²) < 4.78 is 0. The summed E-state index contributed by atoms with van der Waals surface area (Å²) in [5.41, 5.74) is 0. The maximum Gasteiger partial charge on any atom is 0.230 e. The zero-order valence-electron chi connectivity index (χ0n) is 11.7. The first kappa shape index (κ1) is 15.2. The highest BCUT2D eigenvalue weighted by Crippen LogP contribution is 2.37. The van der Waals surface area contributed by atoms with Gasteiger partial charge in [-0.05, 0) is 19.3 Å². The molecule has 2 atom stereocenters. The predicted molar refractivity (Wildman–Crippen MR) is 77.2 cm³/mol. The van der Waals surface area contributed by atoms with Crippen molar-refractivity contribution in [2.75, 3.05) is 31.6 Å². The second-order valence-corrected chi connectivity index (χ2v) is 6.20. The van der Waals surface area contributed by atoms with Gasteiger partial charge in [-0.2, -0.15) is 0 Å². The lowest BCUT2D eigenvalue weighted by Gasteiger charge is -2.27. The van der Waals surface area contributed by atoms with Gasteiger partial charge in [-0.1, -0.05) is 0 Å². The molecule has 0 unspecified atom stereocenters. The molecule has 2 aliphatic rings. The van der Waals surface area contributed by atoms with Crippen LogP contribution in [0.5, 0.6) is 0 Å². The van der Waals surface area contributed by atoms with Crippen LogP contribution in [0.25, 0.3) is 0 Å². The molecule has 2 rings (SSSR count). The molecule has 20 heavy (non-hydrogen) atoms. The Morgan fingerprint density at radius 2 is 2.05 bits per heavy atom. The van der Waals surface area contributed by atoms with Crippen molar-refractivity contribution in [2.45, 2.75) is 25.3 Å². The summed E-state index contributed by atoms with van der Waals surface area (Å²) in [6.45, 7) is 1.10. The Labute approximate surface area is 123 Å². The van der Waals surface area contributed by atoms with Crippen LogP contribution in [0.1, 0.15) is 19.3 Å². The molecular formula is C13H21N3O3S. The molecule has 0 aromatic heterocycles. The lowest BCUT2D eigenvalue weighted by atomic mass is 10.1. The first-order valence-corrected chi connectivity index (χ1v) is 8.12. The predicted octanol–water partition coefficient (Wildman–Crippen LogP) is -0.407. The Hall–Kier alpha value is -1.24. The van der Waals surface area contributed by atoms with Crippen molar-refractivity contribution in [3.05, 3.63) is 0 Å². The summed E-state index contributed by atoms with van der Waals surface area (Å²) >= 11 is 1.28. The van der Waals surface area contributed by atoms with Crippen LogP contribution in [0.3, 0.4) is 0 Å². The minimum atomic E-state index is -0.0873. The van der Waals surface area contributed by atoms with Crippen molar-refractivity contribution in [2.24, 2.45) is 5.92 Å². The highest BCUT2D eigenvalue weighted by Gasteiger charge is 2.43. The van der Waals surface area contributed by atoms with Crippen molar-refractivity contribution in [1.29, 1.82) is 0 Å². The van der Waals surface area contributed by atoms with Gasteiger partial charge in [0.1, 0.15) is 0 Å². The van der Waals surface area contributed by atoms with E-state index in [4.69, 9.17) is 0 Å². The summed E-state index contributed by atoms with van der Waals surface area (Å²) in [6, 6.07) is 0.395. The minimum absolute atomic E-state index is 0.0820. The van der Waals surface area contributed by atoms with Crippen LogP contribution in [0.2, 0.25) is 0 Å². The van der Waals surface area contributed by atoms with E-state index in [0.717, 1.165) is 19.3 Å². The second kappa shape index (κ2) is 6.97. The molecule has 0 aromatic rings. The third-order valence-corrected chi connectivity index (χ3v) is 4.83. The maximum atomic E-state index is 11.9. The second-order valence-electron chi connectivity index (χ2n) is 5.21. The molecule has 112 valence electrons. The Morgan fingerprint density at radius 1 is 1.30 bits per heavy atom. The van der Waals surface area contributed by atoms with Gasteiger partial charge in [-0.25, -0.2) is 0 Å². The number of carbonyl (C=O) groups excluding carboxylic acids is 3. The van der Waals surface area contributed by atoms with E-state index in [1.54, 1.807) is 7.05 Å². The van der Waals surface area contributed by atoms with Gasteiger partial charge < -0.3 is 15.5 Å². The molecule has 1 aliphatic carbocycles. The number of thioether (sulfide) groups is 1. The fourth-order valence-corrected chi connectivity index (χ4v) is 3.57. The van der Waals surface area contributed by atoms with E-state index in [0.29, 0.717) is 19.1 Å². The zero-order valence-corrected chi connectivity index (χ0v) is 12.5. The van der Waals surface area contributed by atoms with Crippen molar-refractivity contribution >= 4 is 29.5 Å². The number of amides is 3. The maximum absolute atomic E-state index is 11.9. The molecule has 0 spiro atoms. The zero-order chi connectivity index (χ0) is 14.5. The fraction of sp³-hybridized carbons (Fsp3) is 0.769. The van der Waals surface area contributed by atoms with E-state index in [2.05, 4.69) is 10.6 Å². The molecule has 1 saturated carbocycles. The SMILES string of the molecule is CNC(=O)CSCC(=O)NCCN1C(=O)[C@H]2CC[C@@H]1C2. The topological polar surface area (TPSA) is 78.5 Å². The normalized spacial score (nSPS) is 24.1. The smallest absolute Gasteiger partial charge is 0.230 e. The van der Waals surface area contributed by atoms with Crippen molar-refractivity contribution < 1.29 is 14.4 Å². The van der Waals surface area contributed by atoms with Gasteiger partial charge in [0, 0.05) is 32.1 Å². The number of fused-ring (bicyclic) bond motifs is 2. The van der Waals surface area contributed by atoms with Gasteiger partial charge in [0.25, 0.3) is 0 Å². The van der Waals surface area contributed by atoms with Gasteiger partial charge in [0.05, 0.1) is 11.5 Å². The molecule has 2 bridgehead atoms. The molecular weight excluding hydrogens is 278 g/mol. The lowest BCUT2D eigenvalue weighted by Crippen LogP contribution is -2.42. The van der Waals surface area contributed by atoms with E-state index in [1.807, 2.05) is 4.90 Å². The van der Waals surface area contributed by atoms with Gasteiger partial charge in [-0.15, -0.1) is 11.8 Å². The molecule has 1 heterocycles. The van der Waals surface area contributed by atoms with Crippen LogP contribution in [0.4, 0.5) is 0 Å². The summed E-state index contributed by atoms with van der Waals surface area (Å²) in [4.78, 5) is 36.3. The highest BCUT2D eigenvalue weighted by atomic mass is 32.2. The van der Waals surface area contributed by atoms with E-state index in [-0.39, 0.29) is 35.1 Å². The van der Waals surface area contributed by atoms with Crippen LogP contribution in [-0.2, 0) is 14.4 Å². The van der Waals surface area contributed by atoms with Crippen LogP contribution in [-0.4, -0.2) is 60.3 Å². The average molecular weight is 299 g/mol. The van der Waals surface area contributed by atoms with E-state index in [9.17, 15) is 14.4 Å². The van der Waals surface area contributed by atoms with Crippen molar-refractivity contribution in [1.82, 2.24) is 15.5 Å². The first-order valence-electron chi connectivity index (χ1n) is 6.97. The van der Waals surface area contributed by atoms with Crippen LogP contribution >= 0.6 is 11.8 Å². The number of rotatable bonds is 7. The largest absolute Gasteiger partial charge is 0.358 e. The standard InChI is InChI=1S/C13H21N3O3S/c1-14-11(17)7-20-8-12(18)15-4-5-16-10-3-2-9(6-10)13(16)19/h9-10H,2-8H2,1H3,(H,14,17)(H,15,18)/t9-,10+/m0/s1. The third kappa shape index (κ3) is 3.65. The molecule has 2 fully saturated rings. The highest BCUT2D eigenvalue weighted by molar-refractivity contribution is 8.00. The van der Waals surface area contributed by atoms with Gasteiger partial charge in [0.2, 0.25) is 17.7 Å². The van der Waals surface area contributed by atoms with Crippen molar-refractivity contribution in [3.8, 4) is 0 Å². The Balaban J connectivity index is 1.58. The Bertz CT molecular complexity index is 402. The fourth-order valence-electron chi connectivity index (χ4n) is 2.85. The number of nitrogens with zero attached hydrogens (tertiary/aromatic N) is 1. The van der Waals surface area contributed by atoms with E-state index < -0.39 is 0 Å². The van der Waals surface area contributed by atoms with E-state index >= 15 is 0 Å².